The molecule has 0 saturated heterocycles. The van der Waals surface area contributed by atoms with Gasteiger partial charge in [0.25, 0.3) is 0 Å². The standard InChI is InChI=1S/C47H32N2/c1-47(2)42-21-10-8-19-36(42)41-27-39-34-18-7-6-17-33(34)38-26-31(23-24-35(38)40(39)28-43(41)47)30-15-12-16-32(25-30)46-48-44-22-11-9-20-37(44)45(49-46)29-13-4-3-5-14-29/h3-28H,1-2H3. The quantitative estimate of drug-likeness (QED) is 0.183. The number of fused-ring (bicyclic) bond motifs is 10. The van der Waals surface area contributed by atoms with Crippen LogP contribution in [0.25, 0.3) is 88.1 Å². The molecule has 1 heterocycles. The summed E-state index contributed by atoms with van der Waals surface area (Å²) in [6.07, 6.45) is 0. The van der Waals surface area contributed by atoms with E-state index in [0.717, 1.165) is 39.1 Å². The molecule has 0 radical (unpaired) electrons. The second-order valence-corrected chi connectivity index (χ2v) is 13.8. The van der Waals surface area contributed by atoms with E-state index < -0.39 is 0 Å². The second-order valence-electron chi connectivity index (χ2n) is 13.8. The Morgan fingerprint density at radius 2 is 0.980 bits per heavy atom. The third kappa shape index (κ3) is 4.20. The largest absolute Gasteiger partial charge is 0.228 e. The molecule has 8 aromatic carbocycles. The summed E-state index contributed by atoms with van der Waals surface area (Å²) in [5.41, 5.74) is 11.8. The lowest BCUT2D eigenvalue weighted by Gasteiger charge is -2.22. The van der Waals surface area contributed by atoms with Crippen LogP contribution in [-0.4, -0.2) is 9.97 Å². The van der Waals surface area contributed by atoms with Crippen LogP contribution in [-0.2, 0) is 5.41 Å². The minimum absolute atomic E-state index is 0.0519. The van der Waals surface area contributed by atoms with Crippen molar-refractivity contribution in [3.8, 4) is 44.9 Å². The second kappa shape index (κ2) is 10.4. The summed E-state index contributed by atoms with van der Waals surface area (Å²) in [6, 6.07) is 57.0. The van der Waals surface area contributed by atoms with Crippen molar-refractivity contribution in [1.29, 1.82) is 0 Å². The van der Waals surface area contributed by atoms with Crippen molar-refractivity contribution in [3.63, 3.8) is 0 Å². The molecule has 49 heavy (non-hydrogen) atoms. The Hall–Kier alpha value is -6.12. The maximum absolute atomic E-state index is 5.15. The van der Waals surface area contributed by atoms with Crippen LogP contribution in [0.2, 0.25) is 0 Å². The van der Waals surface area contributed by atoms with Crippen LogP contribution >= 0.6 is 0 Å². The molecule has 0 N–H and O–H groups in total. The summed E-state index contributed by atoms with van der Waals surface area (Å²) in [4.78, 5) is 10.2. The predicted octanol–water partition coefficient (Wildman–Crippen LogP) is 12.4. The van der Waals surface area contributed by atoms with E-state index in [1.807, 2.05) is 12.1 Å². The molecule has 0 spiro atoms. The summed E-state index contributed by atoms with van der Waals surface area (Å²) < 4.78 is 0. The molecular formula is C47H32N2. The zero-order chi connectivity index (χ0) is 32.7. The van der Waals surface area contributed by atoms with Gasteiger partial charge in [-0.3, -0.25) is 0 Å². The number of benzene rings is 8. The highest BCUT2D eigenvalue weighted by atomic mass is 14.9. The maximum atomic E-state index is 5.15. The Bertz CT molecular complexity index is 2790. The topological polar surface area (TPSA) is 25.8 Å². The SMILES string of the molecule is CC1(C)c2ccccc2-c2cc3c4ccccc4c4cc(-c5cccc(-c6nc(-c7ccccc7)c7ccccc7n6)c5)ccc4c3cc21. The molecule has 1 aliphatic carbocycles. The maximum Gasteiger partial charge on any atom is 0.160 e. The minimum atomic E-state index is -0.0519. The summed E-state index contributed by atoms with van der Waals surface area (Å²) in [7, 11) is 0. The lowest BCUT2D eigenvalue weighted by molar-refractivity contribution is 0.661. The highest BCUT2D eigenvalue weighted by molar-refractivity contribution is 6.26. The van der Waals surface area contributed by atoms with Gasteiger partial charge >= 0.3 is 0 Å². The van der Waals surface area contributed by atoms with Gasteiger partial charge in [0.15, 0.2) is 5.82 Å². The van der Waals surface area contributed by atoms with Gasteiger partial charge in [-0.2, -0.15) is 0 Å². The zero-order valence-corrected chi connectivity index (χ0v) is 27.4. The van der Waals surface area contributed by atoms with E-state index in [1.54, 1.807) is 0 Å². The van der Waals surface area contributed by atoms with Crippen LogP contribution in [0.4, 0.5) is 0 Å². The molecule has 0 unspecified atom stereocenters. The lowest BCUT2D eigenvalue weighted by Crippen LogP contribution is -2.14. The molecule has 1 aliphatic rings. The van der Waals surface area contributed by atoms with E-state index in [0.29, 0.717) is 0 Å². The number of para-hydroxylation sites is 1. The van der Waals surface area contributed by atoms with Gasteiger partial charge in [-0.1, -0.05) is 141 Å². The predicted molar refractivity (Wildman–Crippen MR) is 206 cm³/mol. The zero-order valence-electron chi connectivity index (χ0n) is 27.4. The molecule has 10 rings (SSSR count). The van der Waals surface area contributed by atoms with Gasteiger partial charge in [-0.05, 0) is 96.0 Å². The Morgan fingerprint density at radius 1 is 0.367 bits per heavy atom. The smallest absolute Gasteiger partial charge is 0.160 e. The highest BCUT2D eigenvalue weighted by Gasteiger charge is 2.35. The number of hydrogen-bond donors (Lipinski definition) is 0. The summed E-state index contributed by atoms with van der Waals surface area (Å²) in [5.74, 6) is 0.731. The van der Waals surface area contributed by atoms with Gasteiger partial charge in [-0.15, -0.1) is 0 Å². The summed E-state index contributed by atoms with van der Waals surface area (Å²) >= 11 is 0. The molecule has 230 valence electrons. The third-order valence-corrected chi connectivity index (χ3v) is 10.6. The molecule has 2 nitrogen and oxygen atoms in total. The fourth-order valence-electron chi connectivity index (χ4n) is 8.19. The summed E-state index contributed by atoms with van der Waals surface area (Å²) in [5, 5.41) is 8.80. The molecule has 9 aromatic rings. The van der Waals surface area contributed by atoms with E-state index in [2.05, 4.69) is 159 Å². The number of aromatic nitrogens is 2. The Labute approximate surface area is 285 Å². The minimum Gasteiger partial charge on any atom is -0.228 e. The molecule has 0 bridgehead atoms. The first kappa shape index (κ1) is 27.9. The van der Waals surface area contributed by atoms with Crippen LogP contribution in [0, 0.1) is 0 Å². The first-order valence-corrected chi connectivity index (χ1v) is 17.0. The molecule has 1 aromatic heterocycles. The van der Waals surface area contributed by atoms with Gasteiger partial charge in [0.05, 0.1) is 11.2 Å². The van der Waals surface area contributed by atoms with E-state index in [9.17, 15) is 0 Å². The molecule has 0 aliphatic heterocycles. The number of hydrogen-bond acceptors (Lipinski definition) is 2. The molecule has 0 atom stereocenters. The van der Waals surface area contributed by atoms with E-state index in [-0.39, 0.29) is 5.41 Å². The molecule has 0 saturated carbocycles. The normalized spacial score (nSPS) is 13.3. The van der Waals surface area contributed by atoms with Crippen LogP contribution < -0.4 is 0 Å². The van der Waals surface area contributed by atoms with Crippen LogP contribution in [0.3, 0.4) is 0 Å². The van der Waals surface area contributed by atoms with Crippen molar-refractivity contribution in [2.75, 3.05) is 0 Å². The first-order chi connectivity index (χ1) is 24.0. The van der Waals surface area contributed by atoms with Crippen LogP contribution in [0.5, 0.6) is 0 Å². The van der Waals surface area contributed by atoms with Crippen LogP contribution in [0.1, 0.15) is 25.0 Å². The van der Waals surface area contributed by atoms with Gasteiger partial charge in [0, 0.05) is 21.9 Å². The van der Waals surface area contributed by atoms with E-state index in [4.69, 9.17) is 9.97 Å². The average molecular weight is 625 g/mol. The van der Waals surface area contributed by atoms with Gasteiger partial charge < -0.3 is 0 Å². The van der Waals surface area contributed by atoms with Crippen molar-refractivity contribution in [2.45, 2.75) is 19.3 Å². The Balaban J connectivity index is 1.16. The van der Waals surface area contributed by atoms with Crippen molar-refractivity contribution in [1.82, 2.24) is 9.97 Å². The Morgan fingerprint density at radius 3 is 1.82 bits per heavy atom. The van der Waals surface area contributed by atoms with Crippen molar-refractivity contribution >= 4 is 43.2 Å². The van der Waals surface area contributed by atoms with Gasteiger partial charge in [0.1, 0.15) is 0 Å². The molecule has 0 fully saturated rings. The fraction of sp³-hybridized carbons (Fsp3) is 0.0638. The van der Waals surface area contributed by atoms with E-state index >= 15 is 0 Å². The number of rotatable bonds is 3. The van der Waals surface area contributed by atoms with Crippen molar-refractivity contribution in [3.05, 3.63) is 169 Å². The van der Waals surface area contributed by atoms with Crippen LogP contribution in [0.15, 0.2) is 158 Å². The first-order valence-electron chi connectivity index (χ1n) is 17.0. The van der Waals surface area contributed by atoms with Crippen molar-refractivity contribution < 1.29 is 0 Å². The highest BCUT2D eigenvalue weighted by Crippen LogP contribution is 2.51. The van der Waals surface area contributed by atoms with Gasteiger partial charge in [0.2, 0.25) is 0 Å². The number of nitrogens with zero attached hydrogens (tertiary/aromatic N) is 2. The third-order valence-electron chi connectivity index (χ3n) is 10.6. The van der Waals surface area contributed by atoms with E-state index in [1.165, 1.54) is 60.1 Å². The molecule has 0 amide bonds. The Kier molecular flexibility index (Phi) is 5.95. The lowest BCUT2D eigenvalue weighted by atomic mass is 9.81. The molecule has 2 heteroatoms. The van der Waals surface area contributed by atoms with Crippen molar-refractivity contribution in [2.24, 2.45) is 0 Å². The monoisotopic (exact) mass is 624 g/mol. The van der Waals surface area contributed by atoms with Gasteiger partial charge in [-0.25, -0.2) is 9.97 Å². The fourth-order valence-corrected chi connectivity index (χ4v) is 8.19. The molecular weight excluding hydrogens is 593 g/mol. The summed E-state index contributed by atoms with van der Waals surface area (Å²) in [6.45, 7) is 4.72. The average Bonchev–Trinajstić information content (AvgIpc) is 3.39.